The van der Waals surface area contributed by atoms with Gasteiger partial charge in [-0.3, -0.25) is 0 Å². The summed E-state index contributed by atoms with van der Waals surface area (Å²) in [4.78, 5) is 3.30. The Labute approximate surface area is 118 Å². The van der Waals surface area contributed by atoms with Crippen molar-refractivity contribution in [3.05, 3.63) is 71.9 Å². The van der Waals surface area contributed by atoms with Crippen LogP contribution in [-0.2, 0) is 6.42 Å². The number of aromatic amines is 1. The number of para-hydroxylation sites is 1. The van der Waals surface area contributed by atoms with E-state index in [9.17, 15) is 0 Å². The van der Waals surface area contributed by atoms with Gasteiger partial charge in [-0.1, -0.05) is 42.5 Å². The second-order valence-electron chi connectivity index (χ2n) is 4.74. The van der Waals surface area contributed by atoms with E-state index in [2.05, 4.69) is 59.7 Å². The zero-order valence-corrected chi connectivity index (χ0v) is 11.5. The lowest BCUT2D eigenvalue weighted by Gasteiger charge is -1.99. The predicted octanol–water partition coefficient (Wildman–Crippen LogP) is 4.43. The second kappa shape index (κ2) is 5.66. The lowest BCUT2D eigenvalue weighted by molar-refractivity contribution is 0.415. The Morgan fingerprint density at radius 3 is 2.65 bits per heavy atom. The molecule has 0 saturated heterocycles. The average Bonchev–Trinajstić information content (AvgIpc) is 2.92. The van der Waals surface area contributed by atoms with E-state index < -0.39 is 0 Å². The maximum atomic E-state index is 5.15. The molecule has 0 radical (unpaired) electrons. The van der Waals surface area contributed by atoms with Crippen molar-refractivity contribution in [1.29, 1.82) is 0 Å². The Hall–Kier alpha value is -2.48. The molecule has 2 aromatic carbocycles. The van der Waals surface area contributed by atoms with Gasteiger partial charge in [-0.25, -0.2) is 0 Å². The van der Waals surface area contributed by atoms with Crippen LogP contribution in [0.1, 0.15) is 11.1 Å². The first-order valence-corrected chi connectivity index (χ1v) is 6.72. The molecule has 0 aliphatic rings. The zero-order valence-electron chi connectivity index (χ0n) is 11.5. The fraction of sp³-hybridized carbons (Fsp3) is 0.111. The summed E-state index contributed by atoms with van der Waals surface area (Å²) in [6.07, 6.45) is 7.34. The van der Waals surface area contributed by atoms with Gasteiger partial charge in [-0.2, -0.15) is 0 Å². The molecule has 0 fully saturated rings. The lowest BCUT2D eigenvalue weighted by Crippen LogP contribution is -1.82. The molecule has 2 heteroatoms. The highest BCUT2D eigenvalue weighted by Crippen LogP contribution is 2.19. The fourth-order valence-electron chi connectivity index (χ4n) is 2.34. The van der Waals surface area contributed by atoms with E-state index in [4.69, 9.17) is 4.74 Å². The van der Waals surface area contributed by atoms with Crippen LogP contribution in [0, 0.1) is 0 Å². The lowest BCUT2D eigenvalue weighted by atomic mass is 10.1. The number of allylic oxidation sites excluding steroid dienone is 1. The molecule has 0 atom stereocenters. The number of ether oxygens (including phenoxy) is 1. The first-order valence-electron chi connectivity index (χ1n) is 6.72. The Morgan fingerprint density at radius 2 is 1.85 bits per heavy atom. The summed E-state index contributed by atoms with van der Waals surface area (Å²) in [6.45, 7) is 0. The van der Waals surface area contributed by atoms with Crippen LogP contribution in [0.5, 0.6) is 5.75 Å². The van der Waals surface area contributed by atoms with Crippen molar-refractivity contribution < 1.29 is 4.74 Å². The minimum atomic E-state index is 0.888. The number of hydrogen-bond donors (Lipinski definition) is 1. The molecular weight excluding hydrogens is 246 g/mol. The topological polar surface area (TPSA) is 25.0 Å². The van der Waals surface area contributed by atoms with Crippen molar-refractivity contribution in [3.8, 4) is 5.75 Å². The van der Waals surface area contributed by atoms with Crippen molar-refractivity contribution in [2.75, 3.05) is 7.11 Å². The minimum absolute atomic E-state index is 0.888. The van der Waals surface area contributed by atoms with Gasteiger partial charge < -0.3 is 9.72 Å². The highest BCUT2D eigenvalue weighted by molar-refractivity contribution is 5.83. The van der Waals surface area contributed by atoms with Crippen LogP contribution in [0.2, 0.25) is 0 Å². The van der Waals surface area contributed by atoms with E-state index in [1.54, 1.807) is 7.11 Å². The second-order valence-corrected chi connectivity index (χ2v) is 4.74. The van der Waals surface area contributed by atoms with Gasteiger partial charge in [0.15, 0.2) is 0 Å². The molecule has 1 heterocycles. The van der Waals surface area contributed by atoms with Crippen LogP contribution in [0.25, 0.3) is 17.0 Å². The molecule has 0 aliphatic carbocycles. The van der Waals surface area contributed by atoms with Crippen molar-refractivity contribution >= 4 is 17.0 Å². The van der Waals surface area contributed by atoms with Crippen molar-refractivity contribution in [2.45, 2.75) is 6.42 Å². The molecule has 2 nitrogen and oxygen atoms in total. The molecule has 0 aliphatic heterocycles. The monoisotopic (exact) mass is 263 g/mol. The van der Waals surface area contributed by atoms with Gasteiger partial charge in [0.25, 0.3) is 0 Å². The number of benzene rings is 2. The van der Waals surface area contributed by atoms with Crippen molar-refractivity contribution in [3.63, 3.8) is 0 Å². The fourth-order valence-corrected chi connectivity index (χ4v) is 2.34. The van der Waals surface area contributed by atoms with Crippen LogP contribution in [0.4, 0.5) is 0 Å². The van der Waals surface area contributed by atoms with E-state index in [1.165, 1.54) is 22.0 Å². The first-order chi connectivity index (χ1) is 9.86. The maximum absolute atomic E-state index is 5.15. The van der Waals surface area contributed by atoms with Gasteiger partial charge in [0.05, 0.1) is 7.11 Å². The van der Waals surface area contributed by atoms with E-state index in [1.807, 2.05) is 12.1 Å². The molecule has 20 heavy (non-hydrogen) atoms. The summed E-state index contributed by atoms with van der Waals surface area (Å²) in [5.41, 5.74) is 3.70. The summed E-state index contributed by atoms with van der Waals surface area (Å²) in [5.74, 6) is 0.888. The summed E-state index contributed by atoms with van der Waals surface area (Å²) in [5, 5.41) is 1.30. The summed E-state index contributed by atoms with van der Waals surface area (Å²) in [6, 6.07) is 16.5. The highest BCUT2D eigenvalue weighted by atomic mass is 16.5. The van der Waals surface area contributed by atoms with Crippen LogP contribution in [0.3, 0.4) is 0 Å². The smallest absolute Gasteiger partial charge is 0.118 e. The van der Waals surface area contributed by atoms with Gasteiger partial charge in [-0.15, -0.1) is 0 Å². The Balaban J connectivity index is 1.73. The SMILES string of the molecule is COc1ccc(/C=C/Cc2c[nH]c3ccccc23)cc1. The van der Waals surface area contributed by atoms with Gasteiger partial charge in [0, 0.05) is 17.1 Å². The number of H-pyrrole nitrogens is 1. The van der Waals surface area contributed by atoms with Gasteiger partial charge in [0.2, 0.25) is 0 Å². The molecule has 1 N–H and O–H groups in total. The molecule has 0 unspecified atom stereocenters. The Morgan fingerprint density at radius 1 is 1.05 bits per heavy atom. The molecule has 100 valence electrons. The van der Waals surface area contributed by atoms with Gasteiger partial charge >= 0.3 is 0 Å². The van der Waals surface area contributed by atoms with Crippen LogP contribution in [0.15, 0.2) is 60.8 Å². The third kappa shape index (κ3) is 2.59. The van der Waals surface area contributed by atoms with Crippen molar-refractivity contribution in [2.24, 2.45) is 0 Å². The first kappa shape index (κ1) is 12.5. The number of aromatic nitrogens is 1. The molecule has 3 rings (SSSR count). The average molecular weight is 263 g/mol. The van der Waals surface area contributed by atoms with E-state index in [0.29, 0.717) is 0 Å². The molecule has 0 amide bonds. The Bertz CT molecular complexity index is 723. The molecule has 0 bridgehead atoms. The highest BCUT2D eigenvalue weighted by Gasteiger charge is 2.00. The van der Waals surface area contributed by atoms with Crippen LogP contribution < -0.4 is 4.74 Å². The number of fused-ring (bicyclic) bond motifs is 1. The standard InChI is InChI=1S/C18H17NO/c1-20-16-11-9-14(10-12-16)5-4-6-15-13-19-18-8-3-2-7-17(15)18/h2-5,7-13,19H,6H2,1H3/b5-4+. The van der Waals surface area contributed by atoms with Gasteiger partial charge in [-0.05, 0) is 35.7 Å². The third-order valence-corrected chi connectivity index (χ3v) is 3.44. The van der Waals surface area contributed by atoms with E-state index in [0.717, 1.165) is 12.2 Å². The largest absolute Gasteiger partial charge is 0.497 e. The Kier molecular flexibility index (Phi) is 3.55. The zero-order chi connectivity index (χ0) is 13.8. The number of rotatable bonds is 4. The molecule has 0 spiro atoms. The van der Waals surface area contributed by atoms with E-state index in [-0.39, 0.29) is 0 Å². The molecule has 3 aromatic rings. The number of hydrogen-bond acceptors (Lipinski definition) is 1. The molecule has 1 aromatic heterocycles. The minimum Gasteiger partial charge on any atom is -0.497 e. The number of nitrogens with one attached hydrogen (secondary N) is 1. The predicted molar refractivity (Wildman–Crippen MR) is 84.0 cm³/mol. The normalized spacial score (nSPS) is 11.2. The summed E-state index contributed by atoms with van der Waals surface area (Å²) >= 11 is 0. The van der Waals surface area contributed by atoms with Crippen LogP contribution in [-0.4, -0.2) is 12.1 Å². The summed E-state index contributed by atoms with van der Waals surface area (Å²) < 4.78 is 5.15. The molecule has 0 saturated carbocycles. The number of methoxy groups -OCH3 is 1. The van der Waals surface area contributed by atoms with E-state index >= 15 is 0 Å². The maximum Gasteiger partial charge on any atom is 0.118 e. The third-order valence-electron chi connectivity index (χ3n) is 3.44. The van der Waals surface area contributed by atoms with Gasteiger partial charge in [0.1, 0.15) is 5.75 Å². The van der Waals surface area contributed by atoms with Crippen molar-refractivity contribution in [1.82, 2.24) is 4.98 Å². The molecular formula is C18H17NO. The van der Waals surface area contributed by atoms with Crippen LogP contribution >= 0.6 is 0 Å². The quantitative estimate of drug-likeness (QED) is 0.740. The summed E-state index contributed by atoms with van der Waals surface area (Å²) in [7, 11) is 1.68.